The molecule has 1 saturated carbocycles. The molecule has 0 spiro atoms. The third kappa shape index (κ3) is 2.07. The lowest BCUT2D eigenvalue weighted by Crippen LogP contribution is -2.31. The van der Waals surface area contributed by atoms with Crippen LogP contribution in [0, 0.1) is 5.92 Å². The van der Waals surface area contributed by atoms with Crippen molar-refractivity contribution in [1.82, 2.24) is 0 Å². The molecule has 0 radical (unpaired) electrons. The fourth-order valence-electron chi connectivity index (χ4n) is 1.38. The Labute approximate surface area is 81.9 Å². The monoisotopic (exact) mass is 196 g/mol. The average Bonchev–Trinajstić information content (AvgIpc) is 2.11. The zero-order valence-corrected chi connectivity index (χ0v) is 8.04. The number of rotatable bonds is 2. The van der Waals surface area contributed by atoms with E-state index in [1.165, 1.54) is 0 Å². The molecule has 76 valence electrons. The number of esters is 1. The van der Waals surface area contributed by atoms with Gasteiger partial charge in [-0.3, -0.25) is 14.4 Å². The summed E-state index contributed by atoms with van der Waals surface area (Å²) < 4.78 is 4.74. The van der Waals surface area contributed by atoms with E-state index in [4.69, 9.17) is 4.74 Å². The van der Waals surface area contributed by atoms with E-state index < -0.39 is 11.9 Å². The maximum atomic E-state index is 11.3. The zero-order valence-electron chi connectivity index (χ0n) is 8.04. The minimum Gasteiger partial charge on any atom is -0.466 e. The molecule has 1 aliphatic carbocycles. The Bertz CT molecular complexity index is 303. The van der Waals surface area contributed by atoms with E-state index in [1.807, 2.05) is 0 Å². The smallest absolute Gasteiger partial charge is 0.313 e. The average molecular weight is 196 g/mol. The lowest BCUT2D eigenvalue weighted by Gasteiger charge is -2.20. The van der Waals surface area contributed by atoms with Gasteiger partial charge in [0.05, 0.1) is 18.9 Å². The van der Waals surface area contributed by atoms with Gasteiger partial charge in [-0.05, 0) is 6.92 Å². The third-order valence-electron chi connectivity index (χ3n) is 2.14. The molecular weight excluding hydrogens is 184 g/mol. The molecular formula is C10H12O4. The second-order valence-corrected chi connectivity index (χ2v) is 3.17. The van der Waals surface area contributed by atoms with Crippen LogP contribution in [0.4, 0.5) is 0 Å². The number of carbonyl (C=O) groups excluding carboxylic acids is 3. The van der Waals surface area contributed by atoms with Crippen LogP contribution in [0.5, 0.6) is 0 Å². The highest BCUT2D eigenvalue weighted by molar-refractivity contribution is 6.13. The SMILES string of the molecule is C=C1C(=O)CC(=O)CC1C(=O)OCC. The maximum absolute atomic E-state index is 11.3. The lowest BCUT2D eigenvalue weighted by atomic mass is 9.83. The van der Waals surface area contributed by atoms with Crippen LogP contribution >= 0.6 is 0 Å². The summed E-state index contributed by atoms with van der Waals surface area (Å²) in [6.45, 7) is 5.43. The Morgan fingerprint density at radius 1 is 1.57 bits per heavy atom. The fraction of sp³-hybridized carbons (Fsp3) is 0.500. The topological polar surface area (TPSA) is 60.4 Å². The van der Waals surface area contributed by atoms with Gasteiger partial charge in [0.2, 0.25) is 0 Å². The molecule has 1 unspecified atom stereocenters. The summed E-state index contributed by atoms with van der Waals surface area (Å²) >= 11 is 0. The Balaban J connectivity index is 2.76. The summed E-state index contributed by atoms with van der Waals surface area (Å²) in [7, 11) is 0. The van der Waals surface area contributed by atoms with Crippen molar-refractivity contribution in [3.63, 3.8) is 0 Å². The summed E-state index contributed by atoms with van der Waals surface area (Å²) in [6.07, 6.45) is -0.0852. The van der Waals surface area contributed by atoms with Crippen LogP contribution < -0.4 is 0 Å². The summed E-state index contributed by atoms with van der Waals surface area (Å²) in [5.74, 6) is -1.86. The number of ether oxygens (including phenoxy) is 1. The van der Waals surface area contributed by atoms with Crippen LogP contribution in [0.1, 0.15) is 19.8 Å². The second kappa shape index (κ2) is 4.17. The first-order valence-corrected chi connectivity index (χ1v) is 4.46. The number of ketones is 2. The van der Waals surface area contributed by atoms with Crippen LogP contribution in [0.3, 0.4) is 0 Å². The van der Waals surface area contributed by atoms with E-state index in [9.17, 15) is 14.4 Å². The Hall–Kier alpha value is -1.45. The van der Waals surface area contributed by atoms with Crippen molar-refractivity contribution in [3.05, 3.63) is 12.2 Å². The molecule has 1 atom stereocenters. The van der Waals surface area contributed by atoms with Crippen LogP contribution in [-0.4, -0.2) is 24.1 Å². The van der Waals surface area contributed by atoms with Crippen molar-refractivity contribution in [2.75, 3.05) is 6.61 Å². The van der Waals surface area contributed by atoms with Gasteiger partial charge in [-0.15, -0.1) is 0 Å². The standard InChI is InChI=1S/C10H12O4/c1-3-14-10(13)8-4-7(11)5-9(12)6(8)2/h8H,2-5H2,1H3. The fourth-order valence-corrected chi connectivity index (χ4v) is 1.38. The normalized spacial score (nSPS) is 22.4. The molecule has 0 amide bonds. The van der Waals surface area contributed by atoms with Crippen LogP contribution in [-0.2, 0) is 19.1 Å². The predicted molar refractivity (Wildman–Crippen MR) is 48.5 cm³/mol. The molecule has 4 heteroatoms. The number of carbonyl (C=O) groups is 3. The minimum atomic E-state index is -0.760. The zero-order chi connectivity index (χ0) is 10.7. The molecule has 0 aromatic rings. The summed E-state index contributed by atoms with van der Waals surface area (Å²) in [4.78, 5) is 33.6. The molecule has 0 bridgehead atoms. The summed E-state index contributed by atoms with van der Waals surface area (Å²) in [5.41, 5.74) is 0.197. The van der Waals surface area contributed by atoms with Gasteiger partial charge in [0.15, 0.2) is 5.78 Å². The Morgan fingerprint density at radius 2 is 2.21 bits per heavy atom. The van der Waals surface area contributed by atoms with Crippen molar-refractivity contribution in [1.29, 1.82) is 0 Å². The summed E-state index contributed by atoms with van der Waals surface area (Å²) in [5, 5.41) is 0. The van der Waals surface area contributed by atoms with Gasteiger partial charge in [0, 0.05) is 12.0 Å². The van der Waals surface area contributed by atoms with Crippen molar-refractivity contribution >= 4 is 17.5 Å². The van der Waals surface area contributed by atoms with Crippen molar-refractivity contribution in [3.8, 4) is 0 Å². The predicted octanol–water partition coefficient (Wildman–Crippen LogP) is 0.654. The molecule has 0 aliphatic heterocycles. The van der Waals surface area contributed by atoms with E-state index in [-0.39, 0.29) is 36.6 Å². The van der Waals surface area contributed by atoms with Gasteiger partial charge in [0.25, 0.3) is 0 Å². The molecule has 0 aromatic carbocycles. The molecule has 1 rings (SSSR count). The molecule has 14 heavy (non-hydrogen) atoms. The number of hydrogen-bond acceptors (Lipinski definition) is 4. The first-order valence-electron chi connectivity index (χ1n) is 4.46. The Morgan fingerprint density at radius 3 is 2.79 bits per heavy atom. The molecule has 0 heterocycles. The van der Waals surface area contributed by atoms with Gasteiger partial charge in [-0.2, -0.15) is 0 Å². The Kier molecular flexibility index (Phi) is 3.17. The minimum absolute atomic E-state index is 0.0450. The highest BCUT2D eigenvalue weighted by Crippen LogP contribution is 2.24. The largest absolute Gasteiger partial charge is 0.466 e. The van der Waals surface area contributed by atoms with Crippen molar-refractivity contribution < 1.29 is 19.1 Å². The van der Waals surface area contributed by atoms with E-state index in [2.05, 4.69) is 6.58 Å². The quantitative estimate of drug-likeness (QED) is 0.369. The van der Waals surface area contributed by atoms with Gasteiger partial charge >= 0.3 is 5.97 Å². The highest BCUT2D eigenvalue weighted by Gasteiger charge is 2.34. The molecule has 0 aromatic heterocycles. The lowest BCUT2D eigenvalue weighted by molar-refractivity contribution is -0.150. The molecule has 4 nitrogen and oxygen atoms in total. The van der Waals surface area contributed by atoms with E-state index >= 15 is 0 Å². The van der Waals surface area contributed by atoms with Crippen molar-refractivity contribution in [2.45, 2.75) is 19.8 Å². The van der Waals surface area contributed by atoms with Gasteiger partial charge in [-0.25, -0.2) is 0 Å². The van der Waals surface area contributed by atoms with Gasteiger partial charge in [-0.1, -0.05) is 6.58 Å². The van der Waals surface area contributed by atoms with E-state index in [1.54, 1.807) is 6.92 Å². The first kappa shape index (κ1) is 10.6. The molecule has 1 fully saturated rings. The van der Waals surface area contributed by atoms with Gasteiger partial charge < -0.3 is 4.74 Å². The molecule has 1 aliphatic rings. The van der Waals surface area contributed by atoms with Crippen LogP contribution in [0.2, 0.25) is 0 Å². The number of hydrogen-bond donors (Lipinski definition) is 0. The first-order chi connectivity index (χ1) is 6.56. The molecule has 0 N–H and O–H groups in total. The second-order valence-electron chi connectivity index (χ2n) is 3.17. The van der Waals surface area contributed by atoms with Crippen molar-refractivity contribution in [2.24, 2.45) is 5.92 Å². The van der Waals surface area contributed by atoms with Crippen LogP contribution in [0.25, 0.3) is 0 Å². The highest BCUT2D eigenvalue weighted by atomic mass is 16.5. The number of Topliss-reactive ketones (excluding diaryl/α,β-unsaturated/α-hetero) is 2. The summed E-state index contributed by atoms with van der Waals surface area (Å²) in [6, 6.07) is 0. The third-order valence-corrected chi connectivity index (χ3v) is 2.14. The van der Waals surface area contributed by atoms with Crippen LogP contribution in [0.15, 0.2) is 12.2 Å². The molecule has 0 saturated heterocycles. The van der Waals surface area contributed by atoms with Gasteiger partial charge in [0.1, 0.15) is 5.78 Å². The maximum Gasteiger partial charge on any atom is 0.313 e. The van der Waals surface area contributed by atoms with E-state index in [0.717, 1.165) is 0 Å². The van der Waals surface area contributed by atoms with E-state index in [0.29, 0.717) is 0 Å².